The Kier molecular flexibility index (Phi) is 4.75. The molecule has 1 saturated heterocycles. The zero-order valence-electron chi connectivity index (χ0n) is 16.0. The molecule has 2 atom stereocenters. The van der Waals surface area contributed by atoms with Crippen molar-refractivity contribution < 1.29 is 9.47 Å². The van der Waals surface area contributed by atoms with Crippen LogP contribution in [0.5, 0.6) is 0 Å². The molecule has 1 N–H and O–H groups in total. The van der Waals surface area contributed by atoms with Gasteiger partial charge in [-0.2, -0.15) is 0 Å². The molecule has 1 fully saturated rings. The van der Waals surface area contributed by atoms with Crippen LogP contribution >= 0.6 is 0 Å². The Balaban J connectivity index is 1.51. The van der Waals surface area contributed by atoms with Crippen LogP contribution in [-0.4, -0.2) is 19.1 Å². The van der Waals surface area contributed by atoms with Crippen LogP contribution in [0.25, 0.3) is 5.57 Å². The molecular weight excluding hydrogens is 360 g/mol. The Morgan fingerprint density at radius 1 is 0.724 bits per heavy atom. The molecule has 0 bridgehead atoms. The van der Waals surface area contributed by atoms with E-state index in [9.17, 15) is 0 Å². The first kappa shape index (κ1) is 17.6. The third-order valence-electron chi connectivity index (χ3n) is 5.24. The zero-order valence-corrected chi connectivity index (χ0v) is 16.0. The summed E-state index contributed by atoms with van der Waals surface area (Å²) >= 11 is 0. The van der Waals surface area contributed by atoms with E-state index in [0.29, 0.717) is 19.1 Å². The number of hydrogen-bond donors (Lipinski definition) is 1. The summed E-state index contributed by atoms with van der Waals surface area (Å²) in [5, 5.41) is 3.53. The second kappa shape index (κ2) is 7.84. The summed E-state index contributed by atoms with van der Waals surface area (Å²) < 4.78 is 12.2. The summed E-state index contributed by atoms with van der Waals surface area (Å²) in [5.41, 5.74) is 4.26. The molecule has 0 saturated carbocycles. The first-order valence-corrected chi connectivity index (χ1v) is 9.88. The SMILES string of the molecule is c1ccc(/C(C2=N[C@H](c3ccccc3)CO2)=C2/N[C@H](c3ccccc3)CO2)cc1. The van der Waals surface area contributed by atoms with Crippen molar-refractivity contribution in [3.8, 4) is 0 Å². The van der Waals surface area contributed by atoms with Crippen LogP contribution in [0.1, 0.15) is 28.8 Å². The van der Waals surface area contributed by atoms with E-state index in [1.165, 1.54) is 5.56 Å². The molecule has 144 valence electrons. The molecule has 4 heteroatoms. The summed E-state index contributed by atoms with van der Waals surface area (Å²) in [5.74, 6) is 1.35. The Hall–Kier alpha value is -3.53. The van der Waals surface area contributed by atoms with E-state index in [4.69, 9.17) is 14.5 Å². The highest BCUT2D eigenvalue weighted by atomic mass is 16.5. The molecule has 2 heterocycles. The number of hydrogen-bond acceptors (Lipinski definition) is 4. The average molecular weight is 382 g/mol. The topological polar surface area (TPSA) is 42.8 Å². The van der Waals surface area contributed by atoms with E-state index in [2.05, 4.69) is 41.7 Å². The van der Waals surface area contributed by atoms with Crippen molar-refractivity contribution >= 4 is 11.5 Å². The summed E-state index contributed by atoms with van der Waals surface area (Å²) in [6, 6.07) is 30.9. The highest BCUT2D eigenvalue weighted by Gasteiger charge is 2.31. The first-order chi connectivity index (χ1) is 14.4. The summed E-state index contributed by atoms with van der Waals surface area (Å²) in [6.07, 6.45) is 0. The lowest BCUT2D eigenvalue weighted by Gasteiger charge is -2.12. The van der Waals surface area contributed by atoms with Crippen LogP contribution in [0.15, 0.2) is 102 Å². The third kappa shape index (κ3) is 3.61. The fraction of sp³-hybridized carbons (Fsp3) is 0.160. The zero-order chi connectivity index (χ0) is 19.5. The van der Waals surface area contributed by atoms with E-state index in [1.807, 2.05) is 54.6 Å². The van der Waals surface area contributed by atoms with Gasteiger partial charge in [0.25, 0.3) is 0 Å². The minimum Gasteiger partial charge on any atom is -0.476 e. The van der Waals surface area contributed by atoms with Crippen molar-refractivity contribution in [2.45, 2.75) is 12.1 Å². The van der Waals surface area contributed by atoms with Gasteiger partial charge in [0.1, 0.15) is 24.8 Å². The largest absolute Gasteiger partial charge is 0.476 e. The smallest absolute Gasteiger partial charge is 0.223 e. The van der Waals surface area contributed by atoms with Gasteiger partial charge in [0.05, 0.1) is 6.04 Å². The molecule has 3 aromatic rings. The summed E-state index contributed by atoms with van der Waals surface area (Å²) in [6.45, 7) is 1.11. The quantitative estimate of drug-likeness (QED) is 0.699. The molecule has 2 aliphatic rings. The fourth-order valence-corrected chi connectivity index (χ4v) is 3.73. The third-order valence-corrected chi connectivity index (χ3v) is 5.24. The van der Waals surface area contributed by atoms with Gasteiger partial charge in [0.2, 0.25) is 11.8 Å². The monoisotopic (exact) mass is 382 g/mol. The van der Waals surface area contributed by atoms with Crippen molar-refractivity contribution in [1.29, 1.82) is 0 Å². The van der Waals surface area contributed by atoms with Gasteiger partial charge in [-0.15, -0.1) is 0 Å². The molecule has 5 rings (SSSR count). The Morgan fingerprint density at radius 2 is 1.34 bits per heavy atom. The highest BCUT2D eigenvalue weighted by Crippen LogP contribution is 2.33. The van der Waals surface area contributed by atoms with Crippen molar-refractivity contribution in [3.63, 3.8) is 0 Å². The van der Waals surface area contributed by atoms with Crippen LogP contribution in [-0.2, 0) is 9.47 Å². The number of ether oxygens (including phenoxy) is 2. The second-order valence-corrected chi connectivity index (χ2v) is 7.16. The fourth-order valence-electron chi connectivity index (χ4n) is 3.73. The lowest BCUT2D eigenvalue weighted by atomic mass is 10.1. The maximum atomic E-state index is 6.10. The number of nitrogens with one attached hydrogen (secondary N) is 1. The lowest BCUT2D eigenvalue weighted by Crippen LogP contribution is -2.17. The minimum atomic E-state index is -0.00293. The van der Waals surface area contributed by atoms with Crippen LogP contribution in [0.4, 0.5) is 0 Å². The van der Waals surface area contributed by atoms with E-state index in [-0.39, 0.29) is 12.1 Å². The van der Waals surface area contributed by atoms with Crippen molar-refractivity contribution in [2.75, 3.05) is 13.2 Å². The molecule has 0 unspecified atom stereocenters. The highest BCUT2D eigenvalue weighted by molar-refractivity contribution is 6.20. The van der Waals surface area contributed by atoms with Crippen molar-refractivity contribution in [3.05, 3.63) is 114 Å². The average Bonchev–Trinajstić information content (AvgIpc) is 3.47. The Bertz CT molecular complexity index is 1030. The maximum Gasteiger partial charge on any atom is 0.223 e. The number of rotatable bonds is 4. The van der Waals surface area contributed by atoms with Gasteiger partial charge in [-0.05, 0) is 16.7 Å². The van der Waals surface area contributed by atoms with Crippen LogP contribution in [0.3, 0.4) is 0 Å². The van der Waals surface area contributed by atoms with Gasteiger partial charge in [0.15, 0.2) is 0 Å². The van der Waals surface area contributed by atoms with Crippen molar-refractivity contribution in [1.82, 2.24) is 5.32 Å². The number of benzene rings is 3. The van der Waals surface area contributed by atoms with Gasteiger partial charge in [-0.1, -0.05) is 91.0 Å². The van der Waals surface area contributed by atoms with E-state index < -0.39 is 0 Å². The maximum absolute atomic E-state index is 6.10. The molecular formula is C25H22N2O2. The van der Waals surface area contributed by atoms with Crippen molar-refractivity contribution in [2.24, 2.45) is 4.99 Å². The summed E-state index contributed by atoms with van der Waals surface area (Å²) in [7, 11) is 0. The normalized spacial score (nSPS) is 22.3. The van der Waals surface area contributed by atoms with Crippen LogP contribution < -0.4 is 5.32 Å². The van der Waals surface area contributed by atoms with Gasteiger partial charge in [0, 0.05) is 0 Å². The van der Waals surface area contributed by atoms with Gasteiger partial charge >= 0.3 is 0 Å². The van der Waals surface area contributed by atoms with Crippen LogP contribution in [0.2, 0.25) is 0 Å². The first-order valence-electron chi connectivity index (χ1n) is 9.88. The van der Waals surface area contributed by atoms with E-state index in [0.717, 1.165) is 22.6 Å². The Labute approximate surface area is 170 Å². The molecule has 0 radical (unpaired) electrons. The van der Waals surface area contributed by atoms with Gasteiger partial charge in [-0.3, -0.25) is 0 Å². The molecule has 3 aromatic carbocycles. The standard InChI is InChI=1S/C25H22N2O2/c1-4-10-18(11-5-1)21-16-28-24(26-21)23(20-14-8-3-9-15-20)25-27-22(17-29-25)19-12-6-2-7-13-19/h1-15,21-22,26H,16-17H2/b24-23+/t21-,22-/m0/s1. The van der Waals surface area contributed by atoms with E-state index >= 15 is 0 Å². The molecule has 0 spiro atoms. The summed E-state index contributed by atoms with van der Waals surface area (Å²) in [4.78, 5) is 4.89. The second-order valence-electron chi connectivity index (χ2n) is 7.16. The molecule has 4 nitrogen and oxygen atoms in total. The molecule has 0 amide bonds. The molecule has 29 heavy (non-hydrogen) atoms. The number of nitrogens with zero attached hydrogens (tertiary/aromatic N) is 1. The van der Waals surface area contributed by atoms with Crippen LogP contribution in [0, 0.1) is 0 Å². The molecule has 2 aliphatic heterocycles. The lowest BCUT2D eigenvalue weighted by molar-refractivity contribution is 0.255. The van der Waals surface area contributed by atoms with Gasteiger partial charge < -0.3 is 14.8 Å². The Morgan fingerprint density at radius 3 is 2.03 bits per heavy atom. The number of aliphatic imine (C=N–C) groups is 1. The predicted molar refractivity (Wildman–Crippen MR) is 114 cm³/mol. The molecule has 0 aliphatic carbocycles. The predicted octanol–water partition coefficient (Wildman–Crippen LogP) is 4.89. The molecule has 0 aromatic heterocycles. The van der Waals surface area contributed by atoms with Gasteiger partial charge in [-0.25, -0.2) is 4.99 Å². The minimum absolute atomic E-state index is 0.00293. The van der Waals surface area contributed by atoms with E-state index in [1.54, 1.807) is 0 Å².